The molecule has 80 valence electrons. The summed E-state index contributed by atoms with van der Waals surface area (Å²) in [5.74, 6) is -0.901. The molecular weight excluding hydrogens is 182 g/mol. The molecule has 1 amide bonds. The maximum atomic E-state index is 11.4. The van der Waals surface area contributed by atoms with Crippen molar-refractivity contribution in [2.75, 3.05) is 13.1 Å². The van der Waals surface area contributed by atoms with Crippen LogP contribution in [0, 0.1) is 5.92 Å². The summed E-state index contributed by atoms with van der Waals surface area (Å²) in [6.07, 6.45) is 1.68. The van der Waals surface area contributed by atoms with Crippen LogP contribution in [0.5, 0.6) is 0 Å². The van der Waals surface area contributed by atoms with E-state index in [0.717, 1.165) is 0 Å². The molecule has 0 spiro atoms. The molecule has 0 aliphatic rings. The molecule has 1 N–H and O–H groups in total. The lowest BCUT2D eigenvalue weighted by atomic mass is 10.2. The van der Waals surface area contributed by atoms with Gasteiger partial charge in [0.2, 0.25) is 5.91 Å². The molecule has 0 aromatic rings. The number of carboxylic acids is 1. The number of hydrogen-bond acceptors (Lipinski definition) is 2. The molecule has 0 bridgehead atoms. The van der Waals surface area contributed by atoms with E-state index in [0.29, 0.717) is 6.54 Å². The Labute approximate surface area is 84.2 Å². The highest BCUT2D eigenvalue weighted by atomic mass is 16.4. The molecule has 0 aliphatic carbocycles. The van der Waals surface area contributed by atoms with Crippen molar-refractivity contribution in [2.24, 2.45) is 5.92 Å². The molecular formula is C10H17NO3. The van der Waals surface area contributed by atoms with E-state index in [1.54, 1.807) is 0 Å². The van der Waals surface area contributed by atoms with Gasteiger partial charge in [-0.2, -0.15) is 0 Å². The van der Waals surface area contributed by atoms with Crippen LogP contribution in [0.25, 0.3) is 0 Å². The normalized spacial score (nSPS) is 9.93. The molecule has 0 aromatic heterocycles. The highest BCUT2D eigenvalue weighted by Gasteiger charge is 2.16. The number of nitrogens with zero attached hydrogens (tertiary/aromatic N) is 1. The standard InChI is InChI=1S/C10H17NO3/c1-4-5-9(12)11(6-8(2)3)7-10(13)14/h4,8H,1,5-7H2,2-3H3,(H,13,14). The first-order valence-corrected chi connectivity index (χ1v) is 4.57. The third-order valence-electron chi connectivity index (χ3n) is 1.58. The third kappa shape index (κ3) is 5.35. The second kappa shape index (κ2) is 6.18. The van der Waals surface area contributed by atoms with Gasteiger partial charge in [-0.25, -0.2) is 0 Å². The van der Waals surface area contributed by atoms with E-state index in [9.17, 15) is 9.59 Å². The minimum Gasteiger partial charge on any atom is -0.480 e. The van der Waals surface area contributed by atoms with Gasteiger partial charge in [0.1, 0.15) is 6.54 Å². The van der Waals surface area contributed by atoms with Crippen LogP contribution < -0.4 is 0 Å². The number of hydrogen-bond donors (Lipinski definition) is 1. The van der Waals surface area contributed by atoms with Crippen molar-refractivity contribution in [3.63, 3.8) is 0 Å². The van der Waals surface area contributed by atoms with Crippen LogP contribution in [0.4, 0.5) is 0 Å². The Bertz CT molecular complexity index is 223. The minimum absolute atomic E-state index is 0.184. The maximum Gasteiger partial charge on any atom is 0.323 e. The topological polar surface area (TPSA) is 57.6 Å². The van der Waals surface area contributed by atoms with E-state index in [1.807, 2.05) is 13.8 Å². The highest BCUT2D eigenvalue weighted by molar-refractivity contribution is 5.82. The van der Waals surface area contributed by atoms with Crippen LogP contribution in [-0.2, 0) is 9.59 Å². The Morgan fingerprint density at radius 2 is 2.07 bits per heavy atom. The Kier molecular flexibility index (Phi) is 5.60. The SMILES string of the molecule is C=CCC(=O)N(CC(=O)O)CC(C)C. The Balaban J connectivity index is 4.29. The van der Waals surface area contributed by atoms with Crippen molar-refractivity contribution in [1.82, 2.24) is 4.90 Å². The predicted molar refractivity (Wildman–Crippen MR) is 53.9 cm³/mol. The van der Waals surface area contributed by atoms with E-state index in [2.05, 4.69) is 6.58 Å². The lowest BCUT2D eigenvalue weighted by molar-refractivity contribution is -0.144. The maximum absolute atomic E-state index is 11.4. The molecule has 0 atom stereocenters. The Hall–Kier alpha value is -1.32. The summed E-state index contributed by atoms with van der Waals surface area (Å²) in [6, 6.07) is 0. The summed E-state index contributed by atoms with van der Waals surface area (Å²) in [6.45, 7) is 7.57. The molecule has 14 heavy (non-hydrogen) atoms. The van der Waals surface area contributed by atoms with Crippen LogP contribution in [-0.4, -0.2) is 35.0 Å². The number of carboxylic acid groups (broad SMARTS) is 1. The van der Waals surface area contributed by atoms with Crippen molar-refractivity contribution in [2.45, 2.75) is 20.3 Å². The van der Waals surface area contributed by atoms with Gasteiger partial charge in [0, 0.05) is 13.0 Å². The van der Waals surface area contributed by atoms with E-state index in [1.165, 1.54) is 11.0 Å². The molecule has 0 rings (SSSR count). The van der Waals surface area contributed by atoms with Gasteiger partial charge < -0.3 is 10.0 Å². The average Bonchev–Trinajstić information content (AvgIpc) is 2.01. The second-order valence-electron chi connectivity index (χ2n) is 3.55. The van der Waals surface area contributed by atoms with Crippen LogP contribution in [0.15, 0.2) is 12.7 Å². The first-order valence-electron chi connectivity index (χ1n) is 4.57. The smallest absolute Gasteiger partial charge is 0.323 e. The lowest BCUT2D eigenvalue weighted by Gasteiger charge is -2.22. The van der Waals surface area contributed by atoms with Crippen molar-refractivity contribution in [3.05, 3.63) is 12.7 Å². The molecule has 0 saturated carbocycles. The molecule has 0 fully saturated rings. The van der Waals surface area contributed by atoms with Gasteiger partial charge in [0.15, 0.2) is 0 Å². The van der Waals surface area contributed by atoms with Gasteiger partial charge >= 0.3 is 5.97 Å². The van der Waals surface area contributed by atoms with E-state index in [-0.39, 0.29) is 24.8 Å². The van der Waals surface area contributed by atoms with Gasteiger partial charge in [0.25, 0.3) is 0 Å². The zero-order valence-corrected chi connectivity index (χ0v) is 8.69. The molecule has 4 nitrogen and oxygen atoms in total. The van der Waals surface area contributed by atoms with Crippen molar-refractivity contribution < 1.29 is 14.7 Å². The van der Waals surface area contributed by atoms with Crippen LogP contribution in [0.1, 0.15) is 20.3 Å². The number of aliphatic carboxylic acids is 1. The molecule has 0 radical (unpaired) electrons. The van der Waals surface area contributed by atoms with Gasteiger partial charge in [-0.15, -0.1) is 6.58 Å². The zero-order chi connectivity index (χ0) is 11.1. The number of carbonyl (C=O) groups is 2. The van der Waals surface area contributed by atoms with Gasteiger partial charge in [-0.05, 0) is 5.92 Å². The molecule has 0 aromatic carbocycles. The van der Waals surface area contributed by atoms with Gasteiger partial charge in [0.05, 0.1) is 0 Å². The van der Waals surface area contributed by atoms with Crippen molar-refractivity contribution >= 4 is 11.9 Å². The zero-order valence-electron chi connectivity index (χ0n) is 8.69. The molecule has 0 heterocycles. The Morgan fingerprint density at radius 1 is 1.50 bits per heavy atom. The molecule has 0 unspecified atom stereocenters. The number of carbonyl (C=O) groups excluding carboxylic acids is 1. The highest BCUT2D eigenvalue weighted by Crippen LogP contribution is 2.01. The van der Waals surface area contributed by atoms with Crippen LogP contribution in [0.2, 0.25) is 0 Å². The van der Waals surface area contributed by atoms with E-state index < -0.39 is 5.97 Å². The largest absolute Gasteiger partial charge is 0.480 e. The van der Waals surface area contributed by atoms with Crippen LogP contribution in [0.3, 0.4) is 0 Å². The summed E-state index contributed by atoms with van der Waals surface area (Å²) < 4.78 is 0. The van der Waals surface area contributed by atoms with Crippen LogP contribution >= 0.6 is 0 Å². The molecule has 4 heteroatoms. The fraction of sp³-hybridized carbons (Fsp3) is 0.600. The summed E-state index contributed by atoms with van der Waals surface area (Å²) in [5.41, 5.74) is 0. The summed E-state index contributed by atoms with van der Waals surface area (Å²) in [5, 5.41) is 8.59. The number of rotatable bonds is 6. The second-order valence-corrected chi connectivity index (χ2v) is 3.55. The predicted octanol–water partition coefficient (Wildman–Crippen LogP) is 1.13. The summed E-state index contributed by atoms with van der Waals surface area (Å²) >= 11 is 0. The minimum atomic E-state index is -0.983. The summed E-state index contributed by atoms with van der Waals surface area (Å²) in [4.78, 5) is 23.2. The summed E-state index contributed by atoms with van der Waals surface area (Å²) in [7, 11) is 0. The van der Waals surface area contributed by atoms with Gasteiger partial charge in [-0.1, -0.05) is 19.9 Å². The van der Waals surface area contributed by atoms with E-state index in [4.69, 9.17) is 5.11 Å². The first kappa shape index (κ1) is 12.7. The lowest BCUT2D eigenvalue weighted by Crippen LogP contribution is -2.37. The fourth-order valence-corrected chi connectivity index (χ4v) is 1.11. The monoisotopic (exact) mass is 199 g/mol. The Morgan fingerprint density at radius 3 is 2.43 bits per heavy atom. The van der Waals surface area contributed by atoms with Crippen molar-refractivity contribution in [3.8, 4) is 0 Å². The number of amides is 1. The van der Waals surface area contributed by atoms with Gasteiger partial charge in [-0.3, -0.25) is 9.59 Å². The molecule has 0 saturated heterocycles. The quantitative estimate of drug-likeness (QED) is 0.652. The third-order valence-corrected chi connectivity index (χ3v) is 1.58. The van der Waals surface area contributed by atoms with Crippen molar-refractivity contribution in [1.29, 1.82) is 0 Å². The average molecular weight is 199 g/mol. The first-order chi connectivity index (χ1) is 6.47. The molecule has 0 aliphatic heterocycles. The van der Waals surface area contributed by atoms with E-state index >= 15 is 0 Å². The fourth-order valence-electron chi connectivity index (χ4n) is 1.11.